The molecule has 0 unspecified atom stereocenters. The van der Waals surface area contributed by atoms with Crippen molar-refractivity contribution >= 4 is 17.7 Å². The molecule has 4 aromatic rings. The van der Waals surface area contributed by atoms with Gasteiger partial charge in [0.2, 0.25) is 0 Å². The number of nitrogens with one attached hydrogen (secondary N) is 1. The molecule has 0 saturated carbocycles. The fourth-order valence-corrected chi connectivity index (χ4v) is 4.33. The molecule has 5 nitrogen and oxygen atoms in total. The predicted molar refractivity (Wildman–Crippen MR) is 134 cm³/mol. The summed E-state index contributed by atoms with van der Waals surface area (Å²) in [5, 5.41) is 12.5. The molecule has 0 aliphatic carbocycles. The first kappa shape index (κ1) is 23.4. The van der Waals surface area contributed by atoms with Crippen LogP contribution in [0.2, 0.25) is 0 Å². The number of rotatable bonds is 9. The number of thioether (sulfide) groups is 1. The van der Waals surface area contributed by atoms with E-state index in [2.05, 4.69) is 41.1 Å². The first-order valence-corrected chi connectivity index (χ1v) is 11.9. The Kier molecular flexibility index (Phi) is 7.54. The fraction of sp³-hybridized carbons (Fsp3) is 0.148. The average molecular weight is 473 g/mol. The summed E-state index contributed by atoms with van der Waals surface area (Å²) in [5.41, 5.74) is 4.62. The van der Waals surface area contributed by atoms with E-state index < -0.39 is 0 Å². The van der Waals surface area contributed by atoms with Gasteiger partial charge in [-0.15, -0.1) is 16.8 Å². The SMILES string of the molecule is C=CCn1c(SCc2cccc(C(=O)NCc3ccc(F)cc3)c2)nnc1-c1ccc(C)cc1. The van der Waals surface area contributed by atoms with E-state index >= 15 is 0 Å². The quantitative estimate of drug-likeness (QED) is 0.247. The van der Waals surface area contributed by atoms with Crippen LogP contribution in [0.3, 0.4) is 0 Å². The Balaban J connectivity index is 1.43. The Hall–Kier alpha value is -3.71. The molecule has 1 amide bonds. The van der Waals surface area contributed by atoms with E-state index in [1.165, 1.54) is 17.7 Å². The van der Waals surface area contributed by atoms with Crippen LogP contribution in [-0.2, 0) is 18.8 Å². The van der Waals surface area contributed by atoms with Crippen molar-refractivity contribution in [1.82, 2.24) is 20.1 Å². The molecule has 0 bridgehead atoms. The van der Waals surface area contributed by atoms with Gasteiger partial charge in [-0.05, 0) is 42.3 Å². The molecular formula is C27H25FN4OS. The number of aryl methyl sites for hydroxylation is 1. The van der Waals surface area contributed by atoms with Crippen LogP contribution in [-0.4, -0.2) is 20.7 Å². The smallest absolute Gasteiger partial charge is 0.251 e. The van der Waals surface area contributed by atoms with Crippen LogP contribution in [0.5, 0.6) is 0 Å². The Morgan fingerprint density at radius 2 is 1.82 bits per heavy atom. The summed E-state index contributed by atoms with van der Waals surface area (Å²) in [5.74, 6) is 0.974. The molecule has 1 N–H and O–H groups in total. The highest BCUT2D eigenvalue weighted by atomic mass is 32.2. The monoisotopic (exact) mass is 472 g/mol. The number of nitrogens with zero attached hydrogens (tertiary/aromatic N) is 3. The number of carbonyl (C=O) groups excluding carboxylic acids is 1. The zero-order chi connectivity index (χ0) is 23.9. The third-order valence-corrected chi connectivity index (χ3v) is 6.30. The summed E-state index contributed by atoms with van der Waals surface area (Å²) < 4.78 is 15.1. The Bertz CT molecular complexity index is 1280. The highest BCUT2D eigenvalue weighted by Crippen LogP contribution is 2.27. The van der Waals surface area contributed by atoms with Crippen molar-refractivity contribution in [3.05, 3.63) is 114 Å². The summed E-state index contributed by atoms with van der Waals surface area (Å²) in [4.78, 5) is 12.6. The number of hydrogen-bond acceptors (Lipinski definition) is 4. The minimum atomic E-state index is -0.296. The number of allylic oxidation sites excluding steroid dienone is 1. The van der Waals surface area contributed by atoms with Gasteiger partial charge in [-0.3, -0.25) is 9.36 Å². The molecule has 4 rings (SSSR count). The number of benzene rings is 3. The molecule has 1 heterocycles. The lowest BCUT2D eigenvalue weighted by Crippen LogP contribution is -2.22. The molecule has 0 saturated heterocycles. The van der Waals surface area contributed by atoms with Crippen molar-refractivity contribution in [2.45, 2.75) is 30.9 Å². The maximum Gasteiger partial charge on any atom is 0.251 e. The topological polar surface area (TPSA) is 59.8 Å². The minimum absolute atomic E-state index is 0.173. The molecule has 3 aromatic carbocycles. The molecule has 0 fully saturated rings. The van der Waals surface area contributed by atoms with E-state index in [9.17, 15) is 9.18 Å². The highest BCUT2D eigenvalue weighted by molar-refractivity contribution is 7.98. The molecule has 0 aliphatic heterocycles. The van der Waals surface area contributed by atoms with Crippen molar-refractivity contribution in [1.29, 1.82) is 0 Å². The Morgan fingerprint density at radius 3 is 2.56 bits per heavy atom. The molecule has 0 radical (unpaired) electrons. The first-order valence-electron chi connectivity index (χ1n) is 10.9. The number of carbonyl (C=O) groups is 1. The van der Waals surface area contributed by atoms with Gasteiger partial charge in [0, 0.05) is 30.0 Å². The number of hydrogen-bond donors (Lipinski definition) is 1. The van der Waals surface area contributed by atoms with Crippen molar-refractivity contribution in [3.63, 3.8) is 0 Å². The molecule has 34 heavy (non-hydrogen) atoms. The van der Waals surface area contributed by atoms with Gasteiger partial charge >= 0.3 is 0 Å². The zero-order valence-electron chi connectivity index (χ0n) is 18.9. The lowest BCUT2D eigenvalue weighted by atomic mass is 10.1. The van der Waals surface area contributed by atoms with E-state index in [0.717, 1.165) is 27.7 Å². The largest absolute Gasteiger partial charge is 0.348 e. The minimum Gasteiger partial charge on any atom is -0.348 e. The normalized spacial score (nSPS) is 10.8. The van der Waals surface area contributed by atoms with Crippen molar-refractivity contribution in [2.75, 3.05) is 0 Å². The van der Waals surface area contributed by atoms with Gasteiger partial charge in [-0.1, -0.05) is 71.9 Å². The van der Waals surface area contributed by atoms with E-state index in [-0.39, 0.29) is 11.7 Å². The van der Waals surface area contributed by atoms with Crippen molar-refractivity contribution < 1.29 is 9.18 Å². The maximum absolute atomic E-state index is 13.1. The number of amides is 1. The standard InChI is InChI=1S/C27H25FN4OS/c1-3-15-32-25(22-11-7-19(2)8-12-22)30-31-27(32)34-18-21-5-4-6-23(16-21)26(33)29-17-20-9-13-24(28)14-10-20/h3-14,16H,1,15,17-18H2,2H3,(H,29,33). The number of halogens is 1. The van der Waals surface area contributed by atoms with Crippen LogP contribution in [0.15, 0.2) is 90.6 Å². The fourth-order valence-electron chi connectivity index (χ4n) is 3.44. The van der Waals surface area contributed by atoms with Crippen molar-refractivity contribution in [3.8, 4) is 11.4 Å². The van der Waals surface area contributed by atoms with E-state index in [1.54, 1.807) is 30.0 Å². The van der Waals surface area contributed by atoms with Crippen LogP contribution in [0.4, 0.5) is 4.39 Å². The van der Waals surface area contributed by atoms with E-state index in [1.807, 2.05) is 41.0 Å². The van der Waals surface area contributed by atoms with Gasteiger partial charge in [-0.2, -0.15) is 0 Å². The van der Waals surface area contributed by atoms with Crippen LogP contribution in [0.25, 0.3) is 11.4 Å². The summed E-state index contributed by atoms with van der Waals surface area (Å²) in [6.45, 7) is 6.86. The predicted octanol–water partition coefficient (Wildman–Crippen LogP) is 5.80. The van der Waals surface area contributed by atoms with Crippen LogP contribution >= 0.6 is 11.8 Å². The highest BCUT2D eigenvalue weighted by Gasteiger charge is 2.14. The van der Waals surface area contributed by atoms with E-state index in [4.69, 9.17) is 0 Å². The second kappa shape index (κ2) is 10.9. The van der Waals surface area contributed by atoms with Crippen LogP contribution in [0.1, 0.15) is 27.0 Å². The van der Waals surface area contributed by atoms with Gasteiger partial charge in [0.25, 0.3) is 5.91 Å². The molecule has 0 aliphatic rings. The zero-order valence-corrected chi connectivity index (χ0v) is 19.7. The summed E-state index contributed by atoms with van der Waals surface area (Å²) in [7, 11) is 0. The average Bonchev–Trinajstić information content (AvgIpc) is 3.25. The van der Waals surface area contributed by atoms with Gasteiger partial charge in [-0.25, -0.2) is 4.39 Å². The molecule has 172 valence electrons. The molecular weight excluding hydrogens is 447 g/mol. The van der Waals surface area contributed by atoms with Gasteiger partial charge in [0.05, 0.1) is 0 Å². The molecule has 0 spiro atoms. The van der Waals surface area contributed by atoms with Gasteiger partial charge in [0.1, 0.15) is 5.82 Å². The lowest BCUT2D eigenvalue weighted by Gasteiger charge is -2.09. The second-order valence-electron chi connectivity index (χ2n) is 7.87. The summed E-state index contributed by atoms with van der Waals surface area (Å²) >= 11 is 1.57. The van der Waals surface area contributed by atoms with Gasteiger partial charge in [0.15, 0.2) is 11.0 Å². The summed E-state index contributed by atoms with van der Waals surface area (Å²) in [6, 6.07) is 21.8. The number of aromatic nitrogens is 3. The van der Waals surface area contributed by atoms with E-state index in [0.29, 0.717) is 24.4 Å². The third kappa shape index (κ3) is 5.80. The molecule has 7 heteroatoms. The van der Waals surface area contributed by atoms with Crippen molar-refractivity contribution in [2.24, 2.45) is 0 Å². The molecule has 0 atom stereocenters. The maximum atomic E-state index is 13.1. The summed E-state index contributed by atoms with van der Waals surface area (Å²) in [6.07, 6.45) is 1.83. The van der Waals surface area contributed by atoms with Crippen LogP contribution in [0, 0.1) is 12.7 Å². The Morgan fingerprint density at radius 1 is 1.06 bits per heavy atom. The Labute approximate surface area is 202 Å². The molecule has 1 aromatic heterocycles. The van der Waals surface area contributed by atoms with Crippen LogP contribution < -0.4 is 5.32 Å². The van der Waals surface area contributed by atoms with Gasteiger partial charge < -0.3 is 5.32 Å². The lowest BCUT2D eigenvalue weighted by molar-refractivity contribution is 0.0951. The third-order valence-electron chi connectivity index (χ3n) is 5.26. The second-order valence-corrected chi connectivity index (χ2v) is 8.81. The first-order chi connectivity index (χ1) is 16.5.